The molecule has 0 bridgehead atoms. The van der Waals surface area contributed by atoms with Crippen LogP contribution in [0.3, 0.4) is 0 Å². The van der Waals surface area contributed by atoms with Gasteiger partial charge in [0.1, 0.15) is 6.20 Å². The van der Waals surface area contributed by atoms with Crippen LogP contribution in [0.25, 0.3) is 11.3 Å². The lowest BCUT2D eigenvalue weighted by Crippen LogP contribution is -2.12. The van der Waals surface area contributed by atoms with Gasteiger partial charge in [0, 0.05) is 5.56 Å². The van der Waals surface area contributed by atoms with E-state index in [1.165, 1.54) is 12.1 Å². The van der Waals surface area contributed by atoms with E-state index >= 15 is 0 Å². The molecule has 105 valence electrons. The Balaban J connectivity index is 2.65. The van der Waals surface area contributed by atoms with Crippen molar-refractivity contribution in [3.05, 3.63) is 47.7 Å². The van der Waals surface area contributed by atoms with E-state index in [1.807, 2.05) is 0 Å². The quantitative estimate of drug-likeness (QED) is 0.743. The third-order valence-electron chi connectivity index (χ3n) is 2.46. The van der Waals surface area contributed by atoms with Crippen LogP contribution in [0, 0.1) is 6.20 Å². The second-order valence-corrected chi connectivity index (χ2v) is 3.80. The van der Waals surface area contributed by atoms with Gasteiger partial charge in [-0.2, -0.15) is 26.3 Å². The fourth-order valence-corrected chi connectivity index (χ4v) is 1.59. The Morgan fingerprint density at radius 1 is 0.900 bits per heavy atom. The Labute approximate surface area is 109 Å². The first kappa shape index (κ1) is 14.3. The average molecular weight is 291 g/mol. The lowest BCUT2D eigenvalue weighted by molar-refractivity contribution is -0.142. The third kappa shape index (κ3) is 2.89. The monoisotopic (exact) mass is 291 g/mol. The summed E-state index contributed by atoms with van der Waals surface area (Å²) in [6, 6.07) is 3.78. The number of hydrogen-bond acceptors (Lipinski definition) is 2. The Kier molecular flexibility index (Phi) is 3.41. The summed E-state index contributed by atoms with van der Waals surface area (Å²) in [7, 11) is 0. The zero-order valence-corrected chi connectivity index (χ0v) is 9.55. The number of benzene rings is 1. The number of halogens is 6. The molecule has 0 amide bonds. The summed E-state index contributed by atoms with van der Waals surface area (Å²) in [5, 5.41) is 6.72. The van der Waals surface area contributed by atoms with Crippen LogP contribution in [-0.2, 0) is 12.4 Å². The van der Waals surface area contributed by atoms with Gasteiger partial charge in [0.05, 0.1) is 16.8 Å². The summed E-state index contributed by atoms with van der Waals surface area (Å²) in [6.07, 6.45) is -7.51. The molecule has 0 fully saturated rings. The standard InChI is InChI=1S/C12H5F6N2/c13-11(14,15)7-3-4-8(9(6-7)12(16,17)18)10-2-1-5-19-20-10/h1-4,6H. The Bertz CT molecular complexity index is 604. The first-order valence-corrected chi connectivity index (χ1v) is 5.18. The molecule has 0 unspecified atom stereocenters. The van der Waals surface area contributed by atoms with Crippen LogP contribution in [0.4, 0.5) is 26.3 Å². The highest BCUT2D eigenvalue weighted by atomic mass is 19.4. The maximum absolute atomic E-state index is 12.9. The predicted octanol–water partition coefficient (Wildman–Crippen LogP) is 3.98. The molecule has 0 spiro atoms. The van der Waals surface area contributed by atoms with Crippen molar-refractivity contribution in [2.45, 2.75) is 12.4 Å². The van der Waals surface area contributed by atoms with Crippen molar-refractivity contribution in [3.8, 4) is 11.3 Å². The number of aromatic nitrogens is 2. The highest BCUT2D eigenvalue weighted by Gasteiger charge is 2.38. The molecule has 0 aliphatic carbocycles. The zero-order valence-electron chi connectivity index (χ0n) is 9.55. The van der Waals surface area contributed by atoms with Crippen LogP contribution in [0.2, 0.25) is 0 Å². The molecular weight excluding hydrogens is 286 g/mol. The van der Waals surface area contributed by atoms with Crippen LogP contribution >= 0.6 is 0 Å². The van der Waals surface area contributed by atoms with Crippen molar-refractivity contribution in [2.24, 2.45) is 0 Å². The van der Waals surface area contributed by atoms with Crippen LogP contribution in [-0.4, -0.2) is 10.2 Å². The molecule has 0 N–H and O–H groups in total. The van der Waals surface area contributed by atoms with Gasteiger partial charge >= 0.3 is 12.4 Å². The molecule has 0 saturated carbocycles. The normalized spacial score (nSPS) is 12.5. The fraction of sp³-hybridized carbons (Fsp3) is 0.167. The van der Waals surface area contributed by atoms with Gasteiger partial charge in [-0.1, -0.05) is 6.07 Å². The van der Waals surface area contributed by atoms with Gasteiger partial charge in [-0.15, -0.1) is 10.2 Å². The number of rotatable bonds is 1. The Morgan fingerprint density at radius 2 is 1.60 bits per heavy atom. The van der Waals surface area contributed by atoms with E-state index in [0.29, 0.717) is 6.07 Å². The van der Waals surface area contributed by atoms with Gasteiger partial charge in [0.25, 0.3) is 0 Å². The first-order chi connectivity index (χ1) is 9.19. The molecule has 0 atom stereocenters. The number of alkyl halides is 6. The van der Waals surface area contributed by atoms with Crippen LogP contribution in [0.1, 0.15) is 11.1 Å². The molecule has 20 heavy (non-hydrogen) atoms. The van der Waals surface area contributed by atoms with E-state index in [-0.39, 0.29) is 11.8 Å². The third-order valence-corrected chi connectivity index (χ3v) is 2.46. The van der Waals surface area contributed by atoms with E-state index < -0.39 is 29.0 Å². The van der Waals surface area contributed by atoms with Crippen LogP contribution in [0.5, 0.6) is 0 Å². The molecule has 0 saturated heterocycles. The molecule has 8 heteroatoms. The fourth-order valence-electron chi connectivity index (χ4n) is 1.59. The van der Waals surface area contributed by atoms with Crippen molar-refractivity contribution in [1.82, 2.24) is 10.2 Å². The lowest BCUT2D eigenvalue weighted by atomic mass is 10.0. The van der Waals surface area contributed by atoms with E-state index in [2.05, 4.69) is 16.4 Å². The van der Waals surface area contributed by atoms with Crippen molar-refractivity contribution in [3.63, 3.8) is 0 Å². The molecular formula is C12H5F6N2. The van der Waals surface area contributed by atoms with Crippen molar-refractivity contribution in [1.29, 1.82) is 0 Å². The second-order valence-electron chi connectivity index (χ2n) is 3.80. The summed E-state index contributed by atoms with van der Waals surface area (Å²) in [6.45, 7) is 0. The number of hydrogen-bond donors (Lipinski definition) is 0. The maximum Gasteiger partial charge on any atom is 0.417 e. The minimum Gasteiger partial charge on any atom is -0.166 e. The zero-order chi connectivity index (χ0) is 15.0. The van der Waals surface area contributed by atoms with Gasteiger partial charge in [-0.25, -0.2) is 0 Å². The molecule has 1 aromatic heterocycles. The highest BCUT2D eigenvalue weighted by molar-refractivity contribution is 5.64. The minimum atomic E-state index is -4.93. The molecule has 0 aliphatic heterocycles. The molecule has 0 aliphatic rings. The van der Waals surface area contributed by atoms with Gasteiger partial charge in [0.15, 0.2) is 0 Å². The average Bonchev–Trinajstić information content (AvgIpc) is 2.37. The van der Waals surface area contributed by atoms with Crippen molar-refractivity contribution >= 4 is 0 Å². The Morgan fingerprint density at radius 3 is 2.10 bits per heavy atom. The predicted molar refractivity (Wildman–Crippen MR) is 56.3 cm³/mol. The van der Waals surface area contributed by atoms with E-state index in [1.54, 1.807) is 0 Å². The summed E-state index contributed by atoms with van der Waals surface area (Å²) < 4.78 is 76.1. The topological polar surface area (TPSA) is 25.8 Å². The van der Waals surface area contributed by atoms with Gasteiger partial charge < -0.3 is 0 Å². The highest BCUT2D eigenvalue weighted by Crippen LogP contribution is 2.40. The molecule has 2 nitrogen and oxygen atoms in total. The summed E-state index contributed by atoms with van der Waals surface area (Å²) in [5.74, 6) is 0. The maximum atomic E-state index is 12.9. The summed E-state index contributed by atoms with van der Waals surface area (Å²) >= 11 is 0. The van der Waals surface area contributed by atoms with Crippen LogP contribution < -0.4 is 0 Å². The second kappa shape index (κ2) is 4.77. The molecule has 1 aromatic carbocycles. The molecule has 1 heterocycles. The molecule has 2 aromatic rings. The summed E-state index contributed by atoms with van der Waals surface area (Å²) in [4.78, 5) is 0. The van der Waals surface area contributed by atoms with Crippen LogP contribution in [0.15, 0.2) is 30.3 Å². The summed E-state index contributed by atoms with van der Waals surface area (Å²) in [5.41, 5.74) is -3.42. The molecule has 1 radical (unpaired) electrons. The smallest absolute Gasteiger partial charge is 0.166 e. The SMILES string of the molecule is FC(F)(F)c1ccc(-c2cc[c]nn2)c(C(F)(F)F)c1. The van der Waals surface area contributed by atoms with E-state index in [0.717, 1.165) is 6.07 Å². The van der Waals surface area contributed by atoms with Crippen molar-refractivity contribution < 1.29 is 26.3 Å². The molecule has 2 rings (SSSR count). The Hall–Kier alpha value is -2.12. The minimum absolute atomic E-state index is 0.0632. The number of nitrogens with zero attached hydrogens (tertiary/aromatic N) is 2. The lowest BCUT2D eigenvalue weighted by Gasteiger charge is -2.15. The van der Waals surface area contributed by atoms with E-state index in [4.69, 9.17) is 0 Å². The largest absolute Gasteiger partial charge is 0.417 e. The van der Waals surface area contributed by atoms with Crippen molar-refractivity contribution in [2.75, 3.05) is 0 Å². The van der Waals surface area contributed by atoms with E-state index in [9.17, 15) is 26.3 Å². The van der Waals surface area contributed by atoms with Gasteiger partial charge in [-0.3, -0.25) is 0 Å². The first-order valence-electron chi connectivity index (χ1n) is 5.18. The van der Waals surface area contributed by atoms with Gasteiger partial charge in [0.2, 0.25) is 0 Å². The van der Waals surface area contributed by atoms with Gasteiger partial charge in [-0.05, 0) is 24.3 Å².